The Labute approximate surface area is 157 Å². The number of thiophene rings is 1. The molecule has 0 aliphatic heterocycles. The highest BCUT2D eigenvalue weighted by Crippen LogP contribution is 2.21. The molecule has 1 heterocycles. The summed E-state index contributed by atoms with van der Waals surface area (Å²) in [5.74, 6) is -0.429. The van der Waals surface area contributed by atoms with Gasteiger partial charge in [-0.15, -0.1) is 11.3 Å². The van der Waals surface area contributed by atoms with Crippen LogP contribution < -0.4 is 4.72 Å². The molecule has 0 unspecified atom stereocenters. The van der Waals surface area contributed by atoms with Crippen molar-refractivity contribution in [1.82, 2.24) is 9.62 Å². The van der Waals surface area contributed by atoms with Crippen LogP contribution in [-0.2, 0) is 27.7 Å². The molecule has 0 fully saturated rings. The quantitative estimate of drug-likeness (QED) is 0.706. The molecule has 0 aliphatic rings. The van der Waals surface area contributed by atoms with Crippen molar-refractivity contribution in [3.63, 3.8) is 0 Å². The van der Waals surface area contributed by atoms with Crippen LogP contribution in [0.5, 0.6) is 0 Å². The lowest BCUT2D eigenvalue weighted by Crippen LogP contribution is -2.38. The molecule has 0 aliphatic carbocycles. The van der Waals surface area contributed by atoms with Crippen LogP contribution in [0.1, 0.15) is 24.3 Å². The van der Waals surface area contributed by atoms with Gasteiger partial charge in [0.15, 0.2) is 0 Å². The summed E-state index contributed by atoms with van der Waals surface area (Å²) in [6.45, 7) is 4.29. The van der Waals surface area contributed by atoms with Crippen LogP contribution in [0.25, 0.3) is 0 Å². The molecule has 2 rings (SSSR count). The van der Waals surface area contributed by atoms with Crippen LogP contribution in [0.15, 0.2) is 40.6 Å². The first-order valence-corrected chi connectivity index (χ1v) is 10.7. The van der Waals surface area contributed by atoms with E-state index in [0.717, 1.165) is 16.9 Å². The number of sulfonamides is 1. The molecule has 1 amide bonds. The van der Waals surface area contributed by atoms with Gasteiger partial charge in [0.05, 0.1) is 0 Å². The Kier molecular flexibility index (Phi) is 7.31. The predicted octanol–water partition coefficient (Wildman–Crippen LogP) is 2.82. The van der Waals surface area contributed by atoms with E-state index >= 15 is 0 Å². The van der Waals surface area contributed by atoms with E-state index < -0.39 is 10.0 Å². The summed E-state index contributed by atoms with van der Waals surface area (Å²) in [6.07, 6.45) is 1.37. The van der Waals surface area contributed by atoms with Crippen molar-refractivity contribution in [1.29, 1.82) is 0 Å². The second-order valence-electron chi connectivity index (χ2n) is 5.85. The van der Waals surface area contributed by atoms with Crippen molar-refractivity contribution in [3.8, 4) is 0 Å². The number of carbonyl (C=O) groups excluding carboxylic acids is 1. The lowest BCUT2D eigenvalue weighted by Gasteiger charge is -2.21. The molecular formula is C18H23FN2O3S2. The van der Waals surface area contributed by atoms with Crippen LogP contribution >= 0.6 is 11.3 Å². The molecule has 1 N–H and O–H groups in total. The zero-order valence-electron chi connectivity index (χ0n) is 14.9. The summed E-state index contributed by atoms with van der Waals surface area (Å²) < 4.78 is 40.3. The summed E-state index contributed by atoms with van der Waals surface area (Å²) in [4.78, 5) is 14.4. The minimum absolute atomic E-state index is 0.129. The number of carbonyl (C=O) groups is 1. The Morgan fingerprint density at radius 2 is 1.85 bits per heavy atom. The van der Waals surface area contributed by atoms with Gasteiger partial charge in [0.2, 0.25) is 15.9 Å². The van der Waals surface area contributed by atoms with Crippen LogP contribution in [0.2, 0.25) is 0 Å². The Balaban J connectivity index is 1.87. The Morgan fingerprint density at radius 1 is 1.15 bits per heavy atom. The number of amides is 1. The maximum absolute atomic E-state index is 12.9. The second kappa shape index (κ2) is 9.25. The van der Waals surface area contributed by atoms with Crippen molar-refractivity contribution in [2.24, 2.45) is 0 Å². The molecule has 0 bridgehead atoms. The van der Waals surface area contributed by atoms with E-state index in [2.05, 4.69) is 4.72 Å². The van der Waals surface area contributed by atoms with E-state index in [1.807, 2.05) is 13.0 Å². The molecule has 0 saturated heterocycles. The number of hydrogen-bond donors (Lipinski definition) is 1. The summed E-state index contributed by atoms with van der Waals surface area (Å²) >= 11 is 1.25. The zero-order valence-corrected chi connectivity index (χ0v) is 16.5. The number of nitrogens with zero attached hydrogens (tertiary/aromatic N) is 1. The maximum Gasteiger partial charge on any atom is 0.250 e. The highest BCUT2D eigenvalue weighted by atomic mass is 32.2. The minimum Gasteiger partial charge on any atom is -0.341 e. The van der Waals surface area contributed by atoms with Gasteiger partial charge in [0, 0.05) is 31.4 Å². The number of hydrogen-bond acceptors (Lipinski definition) is 4. The van der Waals surface area contributed by atoms with Gasteiger partial charge in [-0.3, -0.25) is 4.79 Å². The molecule has 26 heavy (non-hydrogen) atoms. The van der Waals surface area contributed by atoms with E-state index in [0.29, 0.717) is 13.0 Å². The van der Waals surface area contributed by atoms with Crippen LogP contribution in [-0.4, -0.2) is 38.9 Å². The average molecular weight is 399 g/mol. The first-order valence-electron chi connectivity index (χ1n) is 8.40. The van der Waals surface area contributed by atoms with Gasteiger partial charge in [0.1, 0.15) is 10.0 Å². The Bertz CT molecular complexity index is 832. The summed E-state index contributed by atoms with van der Waals surface area (Å²) in [5, 5.41) is 0. The average Bonchev–Trinajstić information content (AvgIpc) is 3.09. The number of aryl methyl sites for hydroxylation is 1. The molecule has 0 radical (unpaired) electrons. The lowest BCUT2D eigenvalue weighted by atomic mass is 10.1. The molecule has 0 atom stereocenters. The molecule has 1 aromatic carbocycles. The van der Waals surface area contributed by atoms with Crippen LogP contribution in [0.3, 0.4) is 0 Å². The summed E-state index contributed by atoms with van der Waals surface area (Å²) in [5.41, 5.74) is 0.920. The molecule has 0 saturated carbocycles. The fourth-order valence-electron chi connectivity index (χ4n) is 2.42. The van der Waals surface area contributed by atoms with E-state index in [-0.39, 0.29) is 29.0 Å². The van der Waals surface area contributed by atoms with Gasteiger partial charge in [0.25, 0.3) is 0 Å². The van der Waals surface area contributed by atoms with Gasteiger partial charge < -0.3 is 4.90 Å². The third-order valence-electron chi connectivity index (χ3n) is 3.95. The highest BCUT2D eigenvalue weighted by molar-refractivity contribution is 7.91. The number of halogens is 1. The van der Waals surface area contributed by atoms with E-state index in [1.165, 1.54) is 30.4 Å². The smallest absolute Gasteiger partial charge is 0.250 e. The van der Waals surface area contributed by atoms with E-state index in [1.54, 1.807) is 23.1 Å². The van der Waals surface area contributed by atoms with Gasteiger partial charge >= 0.3 is 0 Å². The van der Waals surface area contributed by atoms with Gasteiger partial charge in [-0.1, -0.05) is 19.1 Å². The standard InChI is InChI=1S/C18H23FN2O3S2/c1-3-17-8-9-18(25-17)26(23,24)20-11-13-21(14(2)22)12-10-15-4-6-16(19)7-5-15/h4-9,20H,3,10-13H2,1-2H3. The van der Waals surface area contributed by atoms with Gasteiger partial charge in [-0.2, -0.15) is 0 Å². The summed E-state index contributed by atoms with van der Waals surface area (Å²) in [7, 11) is -3.55. The SMILES string of the molecule is CCc1ccc(S(=O)(=O)NCCN(CCc2ccc(F)cc2)C(C)=O)s1. The largest absolute Gasteiger partial charge is 0.341 e. The predicted molar refractivity (Wildman–Crippen MR) is 101 cm³/mol. The van der Waals surface area contributed by atoms with Crippen molar-refractivity contribution in [2.45, 2.75) is 30.9 Å². The zero-order chi connectivity index (χ0) is 19.2. The van der Waals surface area contributed by atoms with Crippen molar-refractivity contribution < 1.29 is 17.6 Å². The Hall–Kier alpha value is -1.77. The van der Waals surface area contributed by atoms with Crippen LogP contribution in [0, 0.1) is 5.82 Å². The first kappa shape index (κ1) is 20.5. The summed E-state index contributed by atoms with van der Waals surface area (Å²) in [6, 6.07) is 9.53. The van der Waals surface area contributed by atoms with Crippen molar-refractivity contribution in [2.75, 3.05) is 19.6 Å². The van der Waals surface area contributed by atoms with E-state index in [9.17, 15) is 17.6 Å². The minimum atomic E-state index is -3.55. The van der Waals surface area contributed by atoms with Gasteiger partial charge in [-0.05, 0) is 42.7 Å². The fraction of sp³-hybridized carbons (Fsp3) is 0.389. The molecule has 2 aromatic rings. The number of nitrogens with one attached hydrogen (secondary N) is 1. The topological polar surface area (TPSA) is 66.5 Å². The molecule has 142 valence electrons. The maximum atomic E-state index is 12.9. The monoisotopic (exact) mass is 398 g/mol. The highest BCUT2D eigenvalue weighted by Gasteiger charge is 2.17. The molecule has 0 spiro atoms. The third-order valence-corrected chi connectivity index (χ3v) is 7.14. The van der Waals surface area contributed by atoms with Crippen molar-refractivity contribution in [3.05, 3.63) is 52.7 Å². The lowest BCUT2D eigenvalue weighted by molar-refractivity contribution is -0.128. The number of benzene rings is 1. The van der Waals surface area contributed by atoms with Gasteiger partial charge in [-0.25, -0.2) is 17.5 Å². The van der Waals surface area contributed by atoms with E-state index in [4.69, 9.17) is 0 Å². The first-order chi connectivity index (χ1) is 12.3. The van der Waals surface area contributed by atoms with Crippen molar-refractivity contribution >= 4 is 27.3 Å². The third kappa shape index (κ3) is 5.89. The second-order valence-corrected chi connectivity index (χ2v) is 9.02. The van der Waals surface area contributed by atoms with Crippen LogP contribution in [0.4, 0.5) is 4.39 Å². The fourth-order valence-corrected chi connectivity index (χ4v) is 4.78. The molecular weight excluding hydrogens is 375 g/mol. The Morgan fingerprint density at radius 3 is 2.42 bits per heavy atom. The normalized spacial score (nSPS) is 11.5. The molecule has 1 aromatic heterocycles. The molecule has 8 heteroatoms. The molecule has 5 nitrogen and oxygen atoms in total. The number of rotatable bonds is 9.